The quantitative estimate of drug-likeness (QED) is 0.814. The Bertz CT molecular complexity index is 350. The Hall–Kier alpha value is -1.00. The van der Waals surface area contributed by atoms with Crippen molar-refractivity contribution >= 4 is 0 Å². The number of halogens is 2. The van der Waals surface area contributed by atoms with Gasteiger partial charge in [0.05, 0.1) is 0 Å². The Morgan fingerprint density at radius 1 is 1.40 bits per heavy atom. The molecule has 2 rings (SSSR count). The van der Waals surface area contributed by atoms with Crippen LogP contribution in [0.3, 0.4) is 0 Å². The molecule has 1 saturated heterocycles. The predicted octanol–water partition coefficient (Wildman–Crippen LogP) is 1.37. The summed E-state index contributed by atoms with van der Waals surface area (Å²) >= 11 is 0. The fraction of sp³-hybridized carbons (Fsp3) is 0.455. The molecule has 1 fully saturated rings. The molecule has 1 N–H and O–H groups in total. The molecule has 0 aliphatic carbocycles. The van der Waals surface area contributed by atoms with Crippen LogP contribution in [0.15, 0.2) is 18.2 Å². The summed E-state index contributed by atoms with van der Waals surface area (Å²) in [7, 11) is 1.93. The second-order valence-electron chi connectivity index (χ2n) is 3.96. The van der Waals surface area contributed by atoms with Gasteiger partial charge in [-0.3, -0.25) is 4.90 Å². The maximum atomic E-state index is 13.3. The molecule has 1 heterocycles. The largest absolute Gasteiger partial charge is 0.314 e. The lowest BCUT2D eigenvalue weighted by molar-refractivity contribution is 0.171. The molecule has 1 aliphatic heterocycles. The Morgan fingerprint density at radius 3 is 2.73 bits per heavy atom. The van der Waals surface area contributed by atoms with Gasteiger partial charge in [0.2, 0.25) is 0 Å². The molecule has 0 amide bonds. The van der Waals surface area contributed by atoms with Crippen molar-refractivity contribution in [1.82, 2.24) is 10.2 Å². The van der Waals surface area contributed by atoms with Gasteiger partial charge in [0, 0.05) is 31.2 Å². The Kier molecular flexibility index (Phi) is 2.98. The average Bonchev–Trinajstić information content (AvgIpc) is 2.08. The van der Waals surface area contributed by atoms with E-state index in [-0.39, 0.29) is 11.6 Å². The lowest BCUT2D eigenvalue weighted by Crippen LogP contribution is -2.55. The van der Waals surface area contributed by atoms with Crippen LogP contribution in [-0.4, -0.2) is 31.1 Å². The zero-order chi connectivity index (χ0) is 10.8. The van der Waals surface area contributed by atoms with Crippen molar-refractivity contribution in [1.29, 1.82) is 0 Å². The summed E-state index contributed by atoms with van der Waals surface area (Å²) in [4.78, 5) is 2.04. The molecule has 4 heteroatoms. The molecule has 1 aliphatic rings. The number of nitrogens with zero attached hydrogens (tertiary/aromatic N) is 1. The Labute approximate surface area is 87.9 Å². The van der Waals surface area contributed by atoms with Crippen molar-refractivity contribution in [3.05, 3.63) is 35.4 Å². The van der Waals surface area contributed by atoms with Crippen molar-refractivity contribution in [2.24, 2.45) is 0 Å². The number of rotatable bonds is 3. The first-order valence-electron chi connectivity index (χ1n) is 5.01. The number of hydrogen-bond donors (Lipinski definition) is 1. The molecule has 0 bridgehead atoms. The Balaban J connectivity index is 2.05. The van der Waals surface area contributed by atoms with Crippen molar-refractivity contribution in [2.75, 3.05) is 20.1 Å². The SMILES string of the molecule is CN(Cc1cc(F)ccc1F)C1CNC1. The topological polar surface area (TPSA) is 15.3 Å². The summed E-state index contributed by atoms with van der Waals surface area (Å²) in [5, 5.41) is 3.14. The third-order valence-corrected chi connectivity index (χ3v) is 2.81. The van der Waals surface area contributed by atoms with E-state index < -0.39 is 0 Å². The molecular formula is C11H14F2N2. The van der Waals surface area contributed by atoms with E-state index in [1.165, 1.54) is 12.1 Å². The highest BCUT2D eigenvalue weighted by atomic mass is 19.1. The van der Waals surface area contributed by atoms with Gasteiger partial charge in [-0.05, 0) is 25.2 Å². The molecule has 0 atom stereocenters. The van der Waals surface area contributed by atoms with Crippen LogP contribution in [0.1, 0.15) is 5.56 Å². The van der Waals surface area contributed by atoms with Crippen LogP contribution in [-0.2, 0) is 6.54 Å². The van der Waals surface area contributed by atoms with Crippen molar-refractivity contribution in [2.45, 2.75) is 12.6 Å². The summed E-state index contributed by atoms with van der Waals surface area (Å²) in [6, 6.07) is 4.02. The van der Waals surface area contributed by atoms with E-state index in [0.717, 1.165) is 19.2 Å². The van der Waals surface area contributed by atoms with Gasteiger partial charge >= 0.3 is 0 Å². The molecule has 2 nitrogen and oxygen atoms in total. The zero-order valence-corrected chi connectivity index (χ0v) is 8.63. The highest BCUT2D eigenvalue weighted by molar-refractivity contribution is 5.18. The summed E-state index contributed by atoms with van der Waals surface area (Å²) in [5.74, 6) is -0.720. The summed E-state index contributed by atoms with van der Waals surface area (Å²) in [6.45, 7) is 2.30. The highest BCUT2D eigenvalue weighted by Crippen LogP contribution is 2.14. The third-order valence-electron chi connectivity index (χ3n) is 2.81. The van der Waals surface area contributed by atoms with Gasteiger partial charge in [0.1, 0.15) is 11.6 Å². The number of hydrogen-bond acceptors (Lipinski definition) is 2. The van der Waals surface area contributed by atoms with E-state index in [1.807, 2.05) is 11.9 Å². The molecule has 1 aromatic rings. The van der Waals surface area contributed by atoms with Crippen LogP contribution >= 0.6 is 0 Å². The van der Waals surface area contributed by atoms with E-state index in [0.29, 0.717) is 18.2 Å². The first kappa shape index (κ1) is 10.5. The number of benzene rings is 1. The van der Waals surface area contributed by atoms with Gasteiger partial charge in [-0.15, -0.1) is 0 Å². The molecule has 0 saturated carbocycles. The minimum atomic E-state index is -0.383. The second-order valence-corrected chi connectivity index (χ2v) is 3.96. The van der Waals surface area contributed by atoms with Crippen LogP contribution in [0, 0.1) is 11.6 Å². The average molecular weight is 212 g/mol. The smallest absolute Gasteiger partial charge is 0.127 e. The first-order chi connectivity index (χ1) is 7.16. The molecule has 0 unspecified atom stereocenters. The van der Waals surface area contributed by atoms with Gasteiger partial charge in [0.15, 0.2) is 0 Å². The predicted molar refractivity (Wildman–Crippen MR) is 54.5 cm³/mol. The van der Waals surface area contributed by atoms with E-state index >= 15 is 0 Å². The third kappa shape index (κ3) is 2.33. The maximum absolute atomic E-state index is 13.3. The minimum Gasteiger partial charge on any atom is -0.314 e. The number of likely N-dealkylation sites (N-methyl/N-ethyl adjacent to an activating group) is 1. The van der Waals surface area contributed by atoms with E-state index in [9.17, 15) is 8.78 Å². The monoisotopic (exact) mass is 212 g/mol. The van der Waals surface area contributed by atoms with Gasteiger partial charge in [-0.2, -0.15) is 0 Å². The molecular weight excluding hydrogens is 198 g/mol. The van der Waals surface area contributed by atoms with Crippen LogP contribution in [0.4, 0.5) is 8.78 Å². The van der Waals surface area contributed by atoms with Crippen LogP contribution in [0.25, 0.3) is 0 Å². The van der Waals surface area contributed by atoms with E-state index in [4.69, 9.17) is 0 Å². The number of nitrogens with one attached hydrogen (secondary N) is 1. The van der Waals surface area contributed by atoms with Crippen LogP contribution < -0.4 is 5.32 Å². The highest BCUT2D eigenvalue weighted by Gasteiger charge is 2.22. The molecule has 0 spiro atoms. The second kappa shape index (κ2) is 4.24. The fourth-order valence-electron chi connectivity index (χ4n) is 1.65. The van der Waals surface area contributed by atoms with Crippen LogP contribution in [0.2, 0.25) is 0 Å². The zero-order valence-electron chi connectivity index (χ0n) is 8.63. The summed E-state index contributed by atoms with van der Waals surface area (Å²) in [6.07, 6.45) is 0. The fourth-order valence-corrected chi connectivity index (χ4v) is 1.65. The lowest BCUT2D eigenvalue weighted by Gasteiger charge is -2.35. The molecule has 0 aromatic heterocycles. The van der Waals surface area contributed by atoms with E-state index in [1.54, 1.807) is 0 Å². The normalized spacial score (nSPS) is 16.8. The van der Waals surface area contributed by atoms with Crippen molar-refractivity contribution in [3.8, 4) is 0 Å². The summed E-state index contributed by atoms with van der Waals surface area (Å²) < 4.78 is 26.2. The standard InChI is InChI=1S/C11H14F2N2/c1-15(10-5-14-6-10)7-8-4-9(12)2-3-11(8)13/h2-4,10,14H,5-7H2,1H3. The van der Waals surface area contributed by atoms with Crippen LogP contribution in [0.5, 0.6) is 0 Å². The first-order valence-corrected chi connectivity index (χ1v) is 5.01. The van der Waals surface area contributed by atoms with Gasteiger partial charge in [-0.1, -0.05) is 0 Å². The molecule has 1 aromatic carbocycles. The van der Waals surface area contributed by atoms with Gasteiger partial charge in [0.25, 0.3) is 0 Å². The van der Waals surface area contributed by atoms with E-state index in [2.05, 4.69) is 5.32 Å². The Morgan fingerprint density at radius 2 is 2.13 bits per heavy atom. The van der Waals surface area contributed by atoms with Gasteiger partial charge < -0.3 is 5.32 Å². The van der Waals surface area contributed by atoms with Crippen molar-refractivity contribution in [3.63, 3.8) is 0 Å². The van der Waals surface area contributed by atoms with Gasteiger partial charge in [-0.25, -0.2) is 8.78 Å². The molecule has 15 heavy (non-hydrogen) atoms. The molecule has 82 valence electrons. The van der Waals surface area contributed by atoms with Crippen molar-refractivity contribution < 1.29 is 8.78 Å². The summed E-state index contributed by atoms with van der Waals surface area (Å²) in [5.41, 5.74) is 0.421. The molecule has 0 radical (unpaired) electrons. The minimum absolute atomic E-state index is 0.337. The maximum Gasteiger partial charge on any atom is 0.127 e. The lowest BCUT2D eigenvalue weighted by atomic mass is 10.1.